The first-order chi connectivity index (χ1) is 20.2. The van der Waals surface area contributed by atoms with E-state index >= 15 is 0 Å². The molecule has 0 saturated heterocycles. The van der Waals surface area contributed by atoms with Gasteiger partial charge in [-0.25, -0.2) is 0 Å². The molecule has 3 aromatic rings. The number of phenolic OH excluding ortho intramolecular Hbond substituents is 2. The van der Waals surface area contributed by atoms with Gasteiger partial charge in [0.15, 0.2) is 5.75 Å². The van der Waals surface area contributed by atoms with E-state index in [9.17, 15) is 19.8 Å². The first kappa shape index (κ1) is 29.3. The van der Waals surface area contributed by atoms with Crippen LogP contribution in [0.2, 0.25) is 0 Å². The van der Waals surface area contributed by atoms with Gasteiger partial charge >= 0.3 is 6.29 Å². The van der Waals surface area contributed by atoms with Crippen molar-refractivity contribution in [3.05, 3.63) is 59.0 Å². The largest absolute Gasteiger partial charge is 0.507 e. The van der Waals surface area contributed by atoms with Crippen LogP contribution in [0.25, 0.3) is 21.7 Å². The van der Waals surface area contributed by atoms with Gasteiger partial charge in [0.05, 0.1) is 28.4 Å². The van der Waals surface area contributed by atoms with Gasteiger partial charge in [0.2, 0.25) is 5.78 Å². The number of Topliss-reactive ketones (excluding diaryl/α,β-unsaturated/α-hetero) is 1. The lowest BCUT2D eigenvalue weighted by Crippen LogP contribution is -2.22. The van der Waals surface area contributed by atoms with E-state index in [2.05, 4.69) is 23.3 Å². The number of rotatable bonds is 1. The van der Waals surface area contributed by atoms with Gasteiger partial charge in [0.25, 0.3) is 5.91 Å². The number of fused-ring (bicyclic) bond motifs is 13. The Labute approximate surface area is 245 Å². The number of aromatic amines is 1. The molecular formula is C33H39N3O6. The van der Waals surface area contributed by atoms with Crippen molar-refractivity contribution in [1.29, 1.82) is 0 Å². The Morgan fingerprint density at radius 2 is 1.79 bits per heavy atom. The highest BCUT2D eigenvalue weighted by molar-refractivity contribution is 6.28. The molecular weight excluding hydrogens is 534 g/mol. The highest BCUT2D eigenvalue weighted by Crippen LogP contribution is 2.53. The number of aromatic hydroxyl groups is 2. The van der Waals surface area contributed by atoms with E-state index in [0.29, 0.717) is 28.0 Å². The molecule has 9 heteroatoms. The van der Waals surface area contributed by atoms with Crippen LogP contribution in [0.3, 0.4) is 0 Å². The second kappa shape index (κ2) is 12.3. The minimum absolute atomic E-state index is 0.0254. The molecule has 3 aliphatic heterocycles. The molecule has 0 aliphatic carbocycles. The van der Waals surface area contributed by atoms with Crippen molar-refractivity contribution >= 4 is 39.1 Å². The molecule has 0 fully saturated rings. The number of hydrogen-bond donors (Lipinski definition) is 5. The number of ketones is 1. The minimum atomic E-state index is -1.23. The number of phenols is 2. The van der Waals surface area contributed by atoms with Crippen molar-refractivity contribution in [2.45, 2.75) is 78.6 Å². The van der Waals surface area contributed by atoms with Crippen LogP contribution in [0.4, 0.5) is 5.69 Å². The normalized spacial score (nSPS) is 23.4. The predicted octanol–water partition coefficient (Wildman–Crippen LogP) is 6.75. The summed E-state index contributed by atoms with van der Waals surface area (Å²) in [6.45, 7) is 5.57. The zero-order chi connectivity index (χ0) is 30.0. The van der Waals surface area contributed by atoms with E-state index in [1.807, 2.05) is 12.2 Å². The third kappa shape index (κ3) is 5.36. The summed E-state index contributed by atoms with van der Waals surface area (Å²) in [5, 5.41) is 26.4. The maximum Gasteiger partial charge on any atom is 0.304 e. The topological polar surface area (TPSA) is 147 Å². The highest BCUT2D eigenvalue weighted by Gasteiger charge is 2.40. The molecule has 42 heavy (non-hydrogen) atoms. The Hall–Kier alpha value is -4.24. The molecule has 0 radical (unpaired) electrons. The number of nitrogens with one attached hydrogen (secondary N) is 2. The summed E-state index contributed by atoms with van der Waals surface area (Å²) in [4.78, 5) is 30.1. The van der Waals surface area contributed by atoms with Gasteiger partial charge < -0.3 is 35.7 Å². The molecule has 2 atom stereocenters. The SMILES string of the molecule is C/C1=C/C=C/[C@H](C)CCCCCCC/C=C/O[C@H]2Oc3c(C)c(O)c4c(O)c(c5c(CN)c[nH]c5c4c3C2=O)NC1=O. The number of amides is 1. The number of ether oxygens (including phenoxy) is 2. The van der Waals surface area contributed by atoms with Gasteiger partial charge in [0.1, 0.15) is 11.5 Å². The zero-order valence-corrected chi connectivity index (χ0v) is 24.4. The first-order valence-corrected chi connectivity index (χ1v) is 14.7. The predicted molar refractivity (Wildman–Crippen MR) is 164 cm³/mol. The maximum atomic E-state index is 13.7. The van der Waals surface area contributed by atoms with Crippen molar-refractivity contribution in [2.24, 2.45) is 11.7 Å². The second-order valence-electron chi connectivity index (χ2n) is 11.3. The quantitative estimate of drug-likeness (QED) is 0.202. The average molecular weight is 574 g/mol. The van der Waals surface area contributed by atoms with Crippen molar-refractivity contribution < 1.29 is 29.3 Å². The lowest BCUT2D eigenvalue weighted by Gasteiger charge is -2.17. The number of H-pyrrole nitrogens is 1. The Morgan fingerprint density at radius 3 is 2.57 bits per heavy atom. The fourth-order valence-corrected chi connectivity index (χ4v) is 5.77. The van der Waals surface area contributed by atoms with Crippen LogP contribution in [0, 0.1) is 12.8 Å². The number of hydrogen-bond acceptors (Lipinski definition) is 7. The molecule has 0 unspecified atom stereocenters. The summed E-state index contributed by atoms with van der Waals surface area (Å²) in [7, 11) is 0. The van der Waals surface area contributed by atoms with Gasteiger partial charge in [-0.1, -0.05) is 50.8 Å². The van der Waals surface area contributed by atoms with Gasteiger partial charge in [-0.3, -0.25) is 9.59 Å². The fourth-order valence-electron chi connectivity index (χ4n) is 5.77. The van der Waals surface area contributed by atoms with Crippen LogP contribution in [0.5, 0.6) is 17.2 Å². The fraction of sp³-hybridized carbons (Fsp3) is 0.394. The molecule has 5 bridgehead atoms. The maximum absolute atomic E-state index is 13.7. The van der Waals surface area contributed by atoms with Crippen LogP contribution >= 0.6 is 0 Å². The third-order valence-electron chi connectivity index (χ3n) is 8.21. The van der Waals surface area contributed by atoms with Gasteiger partial charge in [-0.2, -0.15) is 0 Å². The summed E-state index contributed by atoms with van der Waals surface area (Å²) >= 11 is 0. The smallest absolute Gasteiger partial charge is 0.304 e. The number of aromatic nitrogens is 1. The number of carbonyl (C=O) groups excluding carboxylic acids is 2. The lowest BCUT2D eigenvalue weighted by atomic mass is 9.93. The summed E-state index contributed by atoms with van der Waals surface area (Å²) < 4.78 is 11.6. The van der Waals surface area contributed by atoms with Crippen LogP contribution < -0.4 is 15.8 Å². The molecule has 4 heterocycles. The minimum Gasteiger partial charge on any atom is -0.507 e. The second-order valence-corrected chi connectivity index (χ2v) is 11.3. The van der Waals surface area contributed by atoms with E-state index < -0.39 is 18.0 Å². The number of anilines is 1. The van der Waals surface area contributed by atoms with Crippen molar-refractivity contribution in [1.82, 2.24) is 4.98 Å². The molecule has 0 spiro atoms. The molecule has 2 aromatic carbocycles. The standard InChI is InChI=1S/C33H39N3O6/c1-18-12-9-7-5-4-6-8-10-15-41-33-30(39)25-23-24(28(37)20(3)31(25)42-33)29(38)27(22-21(16-34)17-35-26(22)23)36-32(40)19(2)14-11-13-18/h10-11,13-15,17-18,33,35,37-38H,4-9,12,16,34H2,1-3H3,(H,36,40)/b13-11+,15-10+,19-14-/t18-,33+/m1/s1. The molecule has 1 aromatic heterocycles. The van der Waals surface area contributed by atoms with Crippen LogP contribution in [0.15, 0.2) is 42.3 Å². The summed E-state index contributed by atoms with van der Waals surface area (Å²) in [6.07, 6.45) is 17.1. The first-order valence-electron chi connectivity index (χ1n) is 14.7. The van der Waals surface area contributed by atoms with E-state index in [1.165, 1.54) is 12.7 Å². The molecule has 3 aliphatic rings. The zero-order valence-electron chi connectivity index (χ0n) is 24.4. The molecule has 9 nitrogen and oxygen atoms in total. The van der Waals surface area contributed by atoms with E-state index in [1.54, 1.807) is 26.1 Å². The summed E-state index contributed by atoms with van der Waals surface area (Å²) in [5.74, 6) is -0.905. The van der Waals surface area contributed by atoms with Crippen LogP contribution in [-0.2, 0) is 16.1 Å². The van der Waals surface area contributed by atoms with Crippen LogP contribution in [-0.4, -0.2) is 33.2 Å². The lowest BCUT2D eigenvalue weighted by molar-refractivity contribution is -0.112. The monoisotopic (exact) mass is 573 g/mol. The number of nitrogens with two attached hydrogens (primary N) is 1. The molecule has 0 saturated carbocycles. The molecule has 1 amide bonds. The Balaban J connectivity index is 1.66. The Morgan fingerprint density at radius 1 is 1.02 bits per heavy atom. The molecule has 6 N–H and O–H groups in total. The van der Waals surface area contributed by atoms with E-state index in [4.69, 9.17) is 15.2 Å². The van der Waals surface area contributed by atoms with Crippen molar-refractivity contribution in [3.63, 3.8) is 0 Å². The van der Waals surface area contributed by atoms with E-state index in [0.717, 1.165) is 38.5 Å². The van der Waals surface area contributed by atoms with Gasteiger partial charge in [-0.05, 0) is 50.7 Å². The number of benzene rings is 2. The Kier molecular flexibility index (Phi) is 8.59. The molecule has 222 valence electrons. The number of carbonyl (C=O) groups is 2. The Bertz CT molecular complexity index is 1630. The summed E-state index contributed by atoms with van der Waals surface area (Å²) in [6, 6.07) is 0. The average Bonchev–Trinajstić information content (AvgIpc) is 3.54. The van der Waals surface area contributed by atoms with Crippen LogP contribution in [0.1, 0.15) is 80.3 Å². The third-order valence-corrected chi connectivity index (χ3v) is 8.21. The van der Waals surface area contributed by atoms with Gasteiger partial charge in [0, 0.05) is 34.7 Å². The van der Waals surface area contributed by atoms with Crippen molar-refractivity contribution in [3.8, 4) is 17.2 Å². The highest BCUT2D eigenvalue weighted by atomic mass is 16.7. The number of allylic oxidation sites excluding steroid dienone is 4. The van der Waals surface area contributed by atoms with E-state index in [-0.39, 0.29) is 51.4 Å². The van der Waals surface area contributed by atoms with Gasteiger partial charge in [-0.15, -0.1) is 0 Å². The molecule has 6 rings (SSSR count). The summed E-state index contributed by atoms with van der Waals surface area (Å²) in [5.41, 5.74) is 8.09. The van der Waals surface area contributed by atoms with Crippen molar-refractivity contribution in [2.75, 3.05) is 5.32 Å².